The Hall–Kier alpha value is -1.75. The molecular formula is C16H24N2O3. The number of para-hydroxylation sites is 2. The third-order valence-electron chi connectivity index (χ3n) is 3.56. The Balaban J connectivity index is 1.85. The molecule has 21 heavy (non-hydrogen) atoms. The molecule has 2 rings (SSSR count). The Bertz CT molecular complexity index is 465. The third kappa shape index (κ3) is 4.11. The van der Waals surface area contributed by atoms with E-state index in [0.29, 0.717) is 19.8 Å². The molecule has 1 atom stereocenters. The Morgan fingerprint density at radius 2 is 1.95 bits per heavy atom. The molecule has 1 unspecified atom stereocenters. The van der Waals surface area contributed by atoms with Crippen LogP contribution in [0.15, 0.2) is 24.3 Å². The maximum absolute atomic E-state index is 12.2. The van der Waals surface area contributed by atoms with Gasteiger partial charge in [-0.25, -0.2) is 0 Å². The van der Waals surface area contributed by atoms with Crippen LogP contribution in [0.2, 0.25) is 0 Å². The smallest absolute Gasteiger partial charge is 0.239 e. The monoisotopic (exact) mass is 292 g/mol. The van der Waals surface area contributed by atoms with Crippen LogP contribution in [0.4, 0.5) is 0 Å². The Morgan fingerprint density at radius 1 is 1.24 bits per heavy atom. The molecule has 1 aliphatic rings. The molecule has 116 valence electrons. The Labute approximate surface area is 126 Å². The van der Waals surface area contributed by atoms with Crippen molar-refractivity contribution >= 4 is 5.91 Å². The summed E-state index contributed by atoms with van der Waals surface area (Å²) in [5.41, 5.74) is 0. The summed E-state index contributed by atoms with van der Waals surface area (Å²) in [6.07, 6.45) is 0.823. The van der Waals surface area contributed by atoms with Crippen LogP contribution in [-0.2, 0) is 4.79 Å². The lowest BCUT2D eigenvalue weighted by atomic mass is 10.1. The molecule has 1 amide bonds. The molecule has 0 spiro atoms. The number of ether oxygens (including phenoxy) is 2. The van der Waals surface area contributed by atoms with Crippen molar-refractivity contribution < 1.29 is 14.3 Å². The minimum absolute atomic E-state index is 0.0468. The standard InChI is InChI=1S/C16H24N2O3/c1-3-13-16(19)18(10-9-17-13)11-12-21-15-8-6-5-7-14(15)20-4-2/h5-8,13,17H,3-4,9-12H2,1-2H3. The van der Waals surface area contributed by atoms with Crippen molar-refractivity contribution in [2.24, 2.45) is 0 Å². The van der Waals surface area contributed by atoms with Gasteiger partial charge < -0.3 is 19.7 Å². The molecule has 5 heteroatoms. The molecule has 0 aliphatic carbocycles. The number of amides is 1. The lowest BCUT2D eigenvalue weighted by Crippen LogP contribution is -2.55. The normalized spacial score (nSPS) is 18.7. The predicted molar refractivity (Wildman–Crippen MR) is 81.8 cm³/mol. The van der Waals surface area contributed by atoms with E-state index in [0.717, 1.165) is 31.0 Å². The first-order valence-corrected chi connectivity index (χ1v) is 7.63. The van der Waals surface area contributed by atoms with E-state index in [4.69, 9.17) is 9.47 Å². The summed E-state index contributed by atoms with van der Waals surface area (Å²) in [5, 5.41) is 3.23. The molecule has 1 aromatic carbocycles. The number of piperazine rings is 1. The average Bonchev–Trinajstić information content (AvgIpc) is 2.51. The van der Waals surface area contributed by atoms with E-state index in [1.54, 1.807) is 0 Å². The number of carbonyl (C=O) groups is 1. The van der Waals surface area contributed by atoms with Gasteiger partial charge in [0.1, 0.15) is 6.61 Å². The number of hydrogen-bond donors (Lipinski definition) is 1. The average molecular weight is 292 g/mol. The van der Waals surface area contributed by atoms with Gasteiger partial charge in [0.15, 0.2) is 11.5 Å². The fraction of sp³-hybridized carbons (Fsp3) is 0.562. The lowest BCUT2D eigenvalue weighted by Gasteiger charge is -2.32. The second kappa shape index (κ2) is 7.88. The molecule has 5 nitrogen and oxygen atoms in total. The highest BCUT2D eigenvalue weighted by molar-refractivity contribution is 5.82. The molecule has 0 radical (unpaired) electrons. The zero-order valence-electron chi connectivity index (χ0n) is 12.8. The zero-order chi connectivity index (χ0) is 15.1. The van der Waals surface area contributed by atoms with Gasteiger partial charge >= 0.3 is 0 Å². The van der Waals surface area contributed by atoms with E-state index in [1.165, 1.54) is 0 Å². The van der Waals surface area contributed by atoms with Gasteiger partial charge in [0.25, 0.3) is 0 Å². The maximum Gasteiger partial charge on any atom is 0.239 e. The first-order chi connectivity index (χ1) is 10.3. The summed E-state index contributed by atoms with van der Waals surface area (Å²) in [6.45, 7) is 7.25. The lowest BCUT2D eigenvalue weighted by molar-refractivity contribution is -0.136. The van der Waals surface area contributed by atoms with Crippen molar-refractivity contribution in [3.8, 4) is 11.5 Å². The van der Waals surface area contributed by atoms with E-state index in [9.17, 15) is 4.79 Å². The number of nitrogens with one attached hydrogen (secondary N) is 1. The fourth-order valence-corrected chi connectivity index (χ4v) is 2.44. The third-order valence-corrected chi connectivity index (χ3v) is 3.56. The number of rotatable bonds is 7. The highest BCUT2D eigenvalue weighted by atomic mass is 16.5. The van der Waals surface area contributed by atoms with Crippen LogP contribution in [0, 0.1) is 0 Å². The van der Waals surface area contributed by atoms with Gasteiger partial charge in [0.05, 0.1) is 19.2 Å². The summed E-state index contributed by atoms with van der Waals surface area (Å²) in [5.74, 6) is 1.65. The summed E-state index contributed by atoms with van der Waals surface area (Å²) in [6, 6.07) is 7.57. The minimum Gasteiger partial charge on any atom is -0.490 e. The van der Waals surface area contributed by atoms with Crippen LogP contribution in [-0.4, -0.2) is 49.7 Å². The summed E-state index contributed by atoms with van der Waals surface area (Å²) < 4.78 is 11.3. The van der Waals surface area contributed by atoms with Crippen LogP contribution < -0.4 is 14.8 Å². The van der Waals surface area contributed by atoms with Crippen molar-refractivity contribution in [2.45, 2.75) is 26.3 Å². The highest BCUT2D eigenvalue weighted by Gasteiger charge is 2.26. The van der Waals surface area contributed by atoms with Crippen molar-refractivity contribution in [3.05, 3.63) is 24.3 Å². The summed E-state index contributed by atoms with van der Waals surface area (Å²) in [7, 11) is 0. The van der Waals surface area contributed by atoms with Gasteiger partial charge in [-0.3, -0.25) is 4.79 Å². The van der Waals surface area contributed by atoms with Crippen molar-refractivity contribution in [1.82, 2.24) is 10.2 Å². The van der Waals surface area contributed by atoms with Crippen LogP contribution >= 0.6 is 0 Å². The molecule has 1 aliphatic heterocycles. The van der Waals surface area contributed by atoms with Gasteiger partial charge in [-0.05, 0) is 25.5 Å². The Morgan fingerprint density at radius 3 is 2.62 bits per heavy atom. The summed E-state index contributed by atoms with van der Waals surface area (Å²) >= 11 is 0. The molecule has 0 saturated carbocycles. The van der Waals surface area contributed by atoms with E-state index >= 15 is 0 Å². The highest BCUT2D eigenvalue weighted by Crippen LogP contribution is 2.26. The van der Waals surface area contributed by atoms with Crippen LogP contribution in [0.3, 0.4) is 0 Å². The Kier molecular flexibility index (Phi) is 5.87. The maximum atomic E-state index is 12.2. The SMILES string of the molecule is CCOc1ccccc1OCCN1CCNC(CC)C1=O. The van der Waals surface area contributed by atoms with Crippen molar-refractivity contribution in [1.29, 1.82) is 0 Å². The molecule has 0 aromatic heterocycles. The van der Waals surface area contributed by atoms with Crippen molar-refractivity contribution in [2.75, 3.05) is 32.8 Å². The topological polar surface area (TPSA) is 50.8 Å². The molecule has 1 fully saturated rings. The molecule has 1 aromatic rings. The van der Waals surface area contributed by atoms with Gasteiger partial charge in [0.2, 0.25) is 5.91 Å². The van der Waals surface area contributed by atoms with Gasteiger partial charge in [-0.2, -0.15) is 0 Å². The van der Waals surface area contributed by atoms with Gasteiger partial charge in [-0.1, -0.05) is 19.1 Å². The quantitative estimate of drug-likeness (QED) is 0.830. The van der Waals surface area contributed by atoms with Crippen LogP contribution in [0.25, 0.3) is 0 Å². The number of benzene rings is 1. The second-order valence-corrected chi connectivity index (χ2v) is 4.97. The summed E-state index contributed by atoms with van der Waals surface area (Å²) in [4.78, 5) is 14.0. The molecule has 1 heterocycles. The van der Waals surface area contributed by atoms with E-state index in [-0.39, 0.29) is 11.9 Å². The van der Waals surface area contributed by atoms with E-state index in [1.807, 2.05) is 43.0 Å². The number of nitrogens with zero attached hydrogens (tertiary/aromatic N) is 1. The zero-order valence-corrected chi connectivity index (χ0v) is 12.8. The molecule has 0 bridgehead atoms. The number of hydrogen-bond acceptors (Lipinski definition) is 4. The van der Waals surface area contributed by atoms with Gasteiger partial charge in [-0.15, -0.1) is 0 Å². The fourth-order valence-electron chi connectivity index (χ4n) is 2.44. The van der Waals surface area contributed by atoms with Crippen molar-refractivity contribution in [3.63, 3.8) is 0 Å². The molecule has 1 N–H and O–H groups in total. The first-order valence-electron chi connectivity index (χ1n) is 7.63. The van der Waals surface area contributed by atoms with Crippen LogP contribution in [0.1, 0.15) is 20.3 Å². The molecular weight excluding hydrogens is 268 g/mol. The molecule has 1 saturated heterocycles. The minimum atomic E-state index is -0.0468. The largest absolute Gasteiger partial charge is 0.490 e. The predicted octanol–water partition coefficient (Wildman–Crippen LogP) is 1.67. The van der Waals surface area contributed by atoms with E-state index in [2.05, 4.69) is 5.32 Å². The van der Waals surface area contributed by atoms with Gasteiger partial charge in [0, 0.05) is 13.1 Å². The van der Waals surface area contributed by atoms with Crippen LogP contribution in [0.5, 0.6) is 11.5 Å². The number of carbonyl (C=O) groups excluding carboxylic acids is 1. The van der Waals surface area contributed by atoms with E-state index < -0.39 is 0 Å². The first kappa shape index (κ1) is 15.6. The second-order valence-electron chi connectivity index (χ2n) is 4.97.